The summed E-state index contributed by atoms with van der Waals surface area (Å²) < 4.78 is 9.79. The van der Waals surface area contributed by atoms with E-state index in [1.807, 2.05) is 11.8 Å². The van der Waals surface area contributed by atoms with Crippen LogP contribution in [0.5, 0.6) is 0 Å². The van der Waals surface area contributed by atoms with Gasteiger partial charge in [-0.25, -0.2) is 0 Å². The monoisotopic (exact) mass is 230 g/mol. The van der Waals surface area contributed by atoms with E-state index in [0.717, 1.165) is 0 Å². The number of esters is 1. The molecule has 0 bridgehead atoms. The minimum atomic E-state index is -0.451. The van der Waals surface area contributed by atoms with Gasteiger partial charge in [0.05, 0.1) is 26.7 Å². The lowest BCUT2D eigenvalue weighted by Crippen LogP contribution is -2.55. The summed E-state index contributed by atoms with van der Waals surface area (Å²) in [7, 11) is 1.35. The summed E-state index contributed by atoms with van der Waals surface area (Å²) >= 11 is 0. The summed E-state index contributed by atoms with van der Waals surface area (Å²) in [5.74, 6) is -0.710. The number of nitrogens with two attached hydrogens (primary N) is 1. The van der Waals surface area contributed by atoms with E-state index >= 15 is 0 Å². The molecule has 1 aliphatic heterocycles. The highest BCUT2D eigenvalue weighted by molar-refractivity contribution is 5.80. The summed E-state index contributed by atoms with van der Waals surface area (Å²) in [6, 6.07) is -0.526. The number of carbonyl (C=O) groups excluding carboxylic acids is 2. The summed E-state index contributed by atoms with van der Waals surface area (Å²) in [5, 5.41) is 0. The Labute approximate surface area is 94.7 Å². The van der Waals surface area contributed by atoms with Crippen LogP contribution in [0.3, 0.4) is 0 Å². The molecule has 16 heavy (non-hydrogen) atoms. The molecule has 2 atom stereocenters. The third kappa shape index (κ3) is 3.18. The van der Waals surface area contributed by atoms with Crippen LogP contribution in [0.2, 0.25) is 0 Å². The van der Waals surface area contributed by atoms with Crippen molar-refractivity contribution in [3.63, 3.8) is 0 Å². The van der Waals surface area contributed by atoms with Crippen molar-refractivity contribution in [2.45, 2.75) is 25.4 Å². The molecule has 0 aromatic heterocycles. The second kappa shape index (κ2) is 5.81. The first-order valence-electron chi connectivity index (χ1n) is 5.26. The van der Waals surface area contributed by atoms with Crippen LogP contribution < -0.4 is 5.73 Å². The van der Waals surface area contributed by atoms with Gasteiger partial charge in [-0.1, -0.05) is 0 Å². The van der Waals surface area contributed by atoms with E-state index in [2.05, 4.69) is 4.74 Å². The first-order valence-corrected chi connectivity index (χ1v) is 5.26. The van der Waals surface area contributed by atoms with Crippen LogP contribution in [-0.4, -0.2) is 55.7 Å². The summed E-state index contributed by atoms with van der Waals surface area (Å²) in [4.78, 5) is 24.2. The van der Waals surface area contributed by atoms with Crippen LogP contribution in [0.1, 0.15) is 13.3 Å². The van der Waals surface area contributed by atoms with Gasteiger partial charge in [-0.15, -0.1) is 0 Å². The zero-order valence-corrected chi connectivity index (χ0v) is 9.64. The maximum absolute atomic E-state index is 11.2. The number of amides is 1. The molecule has 0 aliphatic carbocycles. The lowest BCUT2D eigenvalue weighted by Gasteiger charge is -2.37. The van der Waals surface area contributed by atoms with Crippen molar-refractivity contribution < 1.29 is 19.1 Å². The Bertz CT molecular complexity index is 270. The van der Waals surface area contributed by atoms with Gasteiger partial charge >= 0.3 is 5.97 Å². The van der Waals surface area contributed by atoms with Crippen molar-refractivity contribution in [1.82, 2.24) is 4.90 Å². The molecule has 6 heteroatoms. The minimum absolute atomic E-state index is 0.0751. The lowest BCUT2D eigenvalue weighted by atomic mass is 10.1. The maximum Gasteiger partial charge on any atom is 0.307 e. The molecule has 2 unspecified atom stereocenters. The van der Waals surface area contributed by atoms with E-state index in [4.69, 9.17) is 10.5 Å². The molecule has 1 aliphatic rings. The molecule has 0 radical (unpaired) electrons. The number of carbonyl (C=O) groups is 2. The number of nitrogens with zero attached hydrogens (tertiary/aromatic N) is 1. The van der Waals surface area contributed by atoms with Gasteiger partial charge in [-0.3, -0.25) is 14.5 Å². The van der Waals surface area contributed by atoms with Gasteiger partial charge in [0, 0.05) is 12.6 Å². The third-order valence-electron chi connectivity index (χ3n) is 2.75. The fourth-order valence-corrected chi connectivity index (χ4v) is 1.83. The first-order chi connectivity index (χ1) is 7.56. The first kappa shape index (κ1) is 12.9. The van der Waals surface area contributed by atoms with Crippen LogP contribution in [0, 0.1) is 0 Å². The predicted molar refractivity (Wildman–Crippen MR) is 56.6 cm³/mol. The topological polar surface area (TPSA) is 81.9 Å². The molecule has 1 saturated heterocycles. The van der Waals surface area contributed by atoms with E-state index < -0.39 is 11.9 Å². The highest BCUT2D eigenvalue weighted by atomic mass is 16.5. The lowest BCUT2D eigenvalue weighted by molar-refractivity contribution is -0.144. The molecule has 0 saturated carbocycles. The Kier molecular flexibility index (Phi) is 4.70. The second-order valence-corrected chi connectivity index (χ2v) is 3.86. The zero-order chi connectivity index (χ0) is 12.1. The summed E-state index contributed by atoms with van der Waals surface area (Å²) in [6.45, 7) is 3.32. The smallest absolute Gasteiger partial charge is 0.307 e. The van der Waals surface area contributed by atoms with Crippen molar-refractivity contribution in [2.75, 3.05) is 26.9 Å². The number of methoxy groups -OCH3 is 1. The average molecular weight is 230 g/mol. The second-order valence-electron chi connectivity index (χ2n) is 3.86. The standard InChI is InChI=1S/C10H18N2O4/c1-7(5-9(13)15-2)12-3-4-16-6-8(12)10(11)14/h7-8H,3-6H2,1-2H3,(H2,11,14). The van der Waals surface area contributed by atoms with Gasteiger partial charge in [0.1, 0.15) is 6.04 Å². The number of hydrogen-bond acceptors (Lipinski definition) is 5. The fraction of sp³-hybridized carbons (Fsp3) is 0.800. The minimum Gasteiger partial charge on any atom is -0.469 e. The number of hydrogen-bond donors (Lipinski definition) is 1. The highest BCUT2D eigenvalue weighted by Gasteiger charge is 2.31. The Hall–Kier alpha value is -1.14. The fourth-order valence-electron chi connectivity index (χ4n) is 1.83. The van der Waals surface area contributed by atoms with Gasteiger partial charge < -0.3 is 15.2 Å². The van der Waals surface area contributed by atoms with Crippen LogP contribution in [-0.2, 0) is 19.1 Å². The van der Waals surface area contributed by atoms with Gasteiger partial charge in [0.15, 0.2) is 0 Å². The number of ether oxygens (including phenoxy) is 2. The van der Waals surface area contributed by atoms with Gasteiger partial charge in [0.25, 0.3) is 0 Å². The third-order valence-corrected chi connectivity index (χ3v) is 2.75. The molecule has 0 spiro atoms. The summed E-state index contributed by atoms with van der Waals surface area (Å²) in [5.41, 5.74) is 5.28. The molecule has 0 aromatic rings. The summed E-state index contributed by atoms with van der Waals surface area (Å²) in [6.07, 6.45) is 0.250. The SMILES string of the molecule is COC(=O)CC(C)N1CCOCC1C(N)=O. The predicted octanol–water partition coefficient (Wildman–Crippen LogP) is -0.876. The van der Waals surface area contributed by atoms with E-state index in [9.17, 15) is 9.59 Å². The van der Waals surface area contributed by atoms with Crippen molar-refractivity contribution in [2.24, 2.45) is 5.73 Å². The molecular weight excluding hydrogens is 212 g/mol. The largest absolute Gasteiger partial charge is 0.469 e. The number of primary amides is 1. The molecule has 0 aromatic carbocycles. The van der Waals surface area contributed by atoms with Crippen LogP contribution in [0.15, 0.2) is 0 Å². The molecule has 6 nitrogen and oxygen atoms in total. The quantitative estimate of drug-likeness (QED) is 0.634. The molecule has 1 fully saturated rings. The maximum atomic E-state index is 11.2. The van der Waals surface area contributed by atoms with Gasteiger partial charge in [0.2, 0.25) is 5.91 Å². The van der Waals surface area contributed by atoms with E-state index in [-0.39, 0.29) is 18.4 Å². The molecular formula is C10H18N2O4. The van der Waals surface area contributed by atoms with Crippen molar-refractivity contribution in [3.05, 3.63) is 0 Å². The average Bonchev–Trinajstić information content (AvgIpc) is 2.28. The zero-order valence-electron chi connectivity index (χ0n) is 9.64. The Balaban J connectivity index is 2.60. The van der Waals surface area contributed by atoms with Gasteiger partial charge in [-0.2, -0.15) is 0 Å². The highest BCUT2D eigenvalue weighted by Crippen LogP contribution is 2.13. The normalized spacial score (nSPS) is 23.8. The molecule has 92 valence electrons. The molecule has 1 amide bonds. The van der Waals surface area contributed by atoms with Crippen molar-refractivity contribution in [3.8, 4) is 0 Å². The van der Waals surface area contributed by atoms with Crippen molar-refractivity contribution in [1.29, 1.82) is 0 Å². The molecule has 1 rings (SSSR count). The Morgan fingerprint density at radius 2 is 2.31 bits per heavy atom. The van der Waals surface area contributed by atoms with Crippen LogP contribution in [0.4, 0.5) is 0 Å². The van der Waals surface area contributed by atoms with Crippen LogP contribution in [0.25, 0.3) is 0 Å². The Morgan fingerprint density at radius 3 is 2.88 bits per heavy atom. The van der Waals surface area contributed by atoms with Crippen LogP contribution >= 0.6 is 0 Å². The number of rotatable bonds is 4. The van der Waals surface area contributed by atoms with Gasteiger partial charge in [-0.05, 0) is 6.92 Å². The van der Waals surface area contributed by atoms with E-state index in [0.29, 0.717) is 19.8 Å². The molecule has 2 N–H and O–H groups in total. The Morgan fingerprint density at radius 1 is 1.62 bits per heavy atom. The van der Waals surface area contributed by atoms with E-state index in [1.165, 1.54) is 7.11 Å². The number of morpholine rings is 1. The van der Waals surface area contributed by atoms with E-state index in [1.54, 1.807) is 0 Å². The van der Waals surface area contributed by atoms with Crippen molar-refractivity contribution >= 4 is 11.9 Å². The molecule has 1 heterocycles.